The van der Waals surface area contributed by atoms with Gasteiger partial charge < -0.3 is 16.4 Å². The summed E-state index contributed by atoms with van der Waals surface area (Å²) in [5.41, 5.74) is 8.61. The molecule has 0 atom stereocenters. The van der Waals surface area contributed by atoms with Crippen molar-refractivity contribution >= 4 is 29.4 Å². The van der Waals surface area contributed by atoms with Gasteiger partial charge in [-0.15, -0.1) is 0 Å². The van der Waals surface area contributed by atoms with E-state index in [0.29, 0.717) is 18.3 Å². The van der Waals surface area contributed by atoms with E-state index in [4.69, 9.17) is 5.73 Å². The molecule has 27 heavy (non-hydrogen) atoms. The number of amides is 1. The summed E-state index contributed by atoms with van der Waals surface area (Å²) >= 11 is 0. The number of allylic oxidation sites excluding steroid dienone is 1. The Morgan fingerprint density at radius 1 is 1.30 bits per heavy atom. The molecule has 0 aliphatic rings. The normalized spacial score (nSPS) is 10.9. The minimum atomic E-state index is -0.591. The number of primary amides is 1. The van der Waals surface area contributed by atoms with Gasteiger partial charge in [0.25, 0.3) is 5.91 Å². The largest absolute Gasteiger partial charge is 0.365 e. The molecule has 3 rings (SSSR count). The fourth-order valence-electron chi connectivity index (χ4n) is 2.59. The summed E-state index contributed by atoms with van der Waals surface area (Å²) in [4.78, 5) is 20.3. The van der Waals surface area contributed by atoms with Gasteiger partial charge in [0, 0.05) is 26.0 Å². The predicted octanol–water partition coefficient (Wildman–Crippen LogP) is 2.70. The van der Waals surface area contributed by atoms with Crippen LogP contribution >= 0.6 is 0 Å². The second-order valence-corrected chi connectivity index (χ2v) is 5.90. The summed E-state index contributed by atoms with van der Waals surface area (Å²) in [6.45, 7) is 2.46. The minimum absolute atomic E-state index is 0.232. The molecule has 0 unspecified atom stereocenters. The van der Waals surface area contributed by atoms with Gasteiger partial charge in [0.05, 0.1) is 17.4 Å². The first kappa shape index (κ1) is 18.1. The average Bonchev–Trinajstić information content (AvgIpc) is 3.06. The molecule has 8 heteroatoms. The van der Waals surface area contributed by atoms with E-state index in [1.165, 1.54) is 6.20 Å². The molecule has 138 valence electrons. The molecule has 1 aromatic carbocycles. The highest BCUT2D eigenvalue weighted by Gasteiger charge is 2.13. The van der Waals surface area contributed by atoms with Crippen molar-refractivity contribution in [1.82, 2.24) is 19.7 Å². The van der Waals surface area contributed by atoms with Gasteiger partial charge in [-0.2, -0.15) is 10.1 Å². The molecular formula is C19H21N7O. The average molecular weight is 363 g/mol. The number of aromatic nitrogens is 4. The van der Waals surface area contributed by atoms with Gasteiger partial charge in [-0.25, -0.2) is 4.98 Å². The maximum Gasteiger partial charge on any atom is 0.254 e. The van der Waals surface area contributed by atoms with Crippen LogP contribution in [0.4, 0.5) is 17.5 Å². The number of benzene rings is 1. The molecule has 3 aromatic rings. The van der Waals surface area contributed by atoms with Gasteiger partial charge in [-0.05, 0) is 18.1 Å². The summed E-state index contributed by atoms with van der Waals surface area (Å²) in [6, 6.07) is 7.99. The summed E-state index contributed by atoms with van der Waals surface area (Å²) in [5, 5.41) is 10.3. The van der Waals surface area contributed by atoms with Crippen molar-refractivity contribution in [3.63, 3.8) is 0 Å². The van der Waals surface area contributed by atoms with Gasteiger partial charge in [0.2, 0.25) is 5.95 Å². The van der Waals surface area contributed by atoms with Crippen LogP contribution in [-0.2, 0) is 13.6 Å². The topological polar surface area (TPSA) is 111 Å². The fraction of sp³-hybridized carbons (Fsp3) is 0.158. The molecule has 0 spiro atoms. The number of anilines is 3. The van der Waals surface area contributed by atoms with Crippen molar-refractivity contribution in [2.75, 3.05) is 10.6 Å². The Morgan fingerprint density at radius 3 is 2.81 bits per heavy atom. The van der Waals surface area contributed by atoms with Gasteiger partial charge in [-0.1, -0.05) is 36.4 Å². The van der Waals surface area contributed by atoms with Crippen LogP contribution < -0.4 is 16.4 Å². The lowest BCUT2D eigenvalue weighted by Crippen LogP contribution is -2.17. The highest BCUT2D eigenvalue weighted by molar-refractivity contribution is 5.97. The zero-order valence-corrected chi connectivity index (χ0v) is 15.2. The van der Waals surface area contributed by atoms with Crippen molar-refractivity contribution in [1.29, 1.82) is 0 Å². The zero-order valence-electron chi connectivity index (χ0n) is 15.2. The maximum atomic E-state index is 11.7. The smallest absolute Gasteiger partial charge is 0.254 e. The lowest BCUT2D eigenvalue weighted by molar-refractivity contribution is 0.100. The number of hydrogen-bond acceptors (Lipinski definition) is 6. The molecule has 4 N–H and O–H groups in total. The van der Waals surface area contributed by atoms with Crippen LogP contribution in [0.3, 0.4) is 0 Å². The first-order valence-corrected chi connectivity index (χ1v) is 8.44. The van der Waals surface area contributed by atoms with Gasteiger partial charge in [0.15, 0.2) is 0 Å². The second-order valence-electron chi connectivity index (χ2n) is 5.90. The fourth-order valence-corrected chi connectivity index (χ4v) is 2.59. The van der Waals surface area contributed by atoms with Crippen LogP contribution in [0.25, 0.3) is 6.08 Å². The lowest BCUT2D eigenvalue weighted by Gasteiger charge is -2.12. The van der Waals surface area contributed by atoms with Crippen LogP contribution in [0.2, 0.25) is 0 Å². The number of carbonyl (C=O) groups excluding carboxylic acids is 1. The van der Waals surface area contributed by atoms with Crippen molar-refractivity contribution in [3.8, 4) is 0 Å². The monoisotopic (exact) mass is 363 g/mol. The molecule has 0 saturated heterocycles. The van der Waals surface area contributed by atoms with E-state index in [0.717, 1.165) is 16.8 Å². The van der Waals surface area contributed by atoms with E-state index in [1.54, 1.807) is 17.1 Å². The Bertz CT molecular complexity index is 978. The Hall–Kier alpha value is -3.68. The zero-order chi connectivity index (χ0) is 19.2. The number of aryl methyl sites for hydroxylation is 1. The number of nitrogens with zero attached hydrogens (tertiary/aromatic N) is 4. The van der Waals surface area contributed by atoms with E-state index in [1.807, 2.05) is 50.4 Å². The molecule has 2 heterocycles. The molecule has 0 aliphatic carbocycles. The number of carbonyl (C=O) groups is 1. The SMILES string of the molecule is C/C=C\c1ccccc1CNc1nc(Nc2cnn(C)c2)ncc1C(N)=O. The Morgan fingerprint density at radius 2 is 2.11 bits per heavy atom. The van der Waals surface area contributed by atoms with Crippen LogP contribution in [-0.4, -0.2) is 25.7 Å². The highest BCUT2D eigenvalue weighted by Crippen LogP contribution is 2.19. The Kier molecular flexibility index (Phi) is 5.46. The first-order chi connectivity index (χ1) is 13.1. The minimum Gasteiger partial charge on any atom is -0.365 e. The van der Waals surface area contributed by atoms with Crippen molar-refractivity contribution in [2.45, 2.75) is 13.5 Å². The molecule has 0 radical (unpaired) electrons. The molecule has 1 amide bonds. The highest BCUT2D eigenvalue weighted by atomic mass is 16.1. The standard InChI is InChI=1S/C19H21N7O/c1-3-6-13-7-4-5-8-14(13)9-21-18-16(17(20)27)11-22-19(25-18)24-15-10-23-26(2)12-15/h3-8,10-12H,9H2,1-2H3,(H2,20,27)(H2,21,22,24,25)/b6-3-. The first-order valence-electron chi connectivity index (χ1n) is 8.44. The molecule has 0 saturated carbocycles. The van der Waals surface area contributed by atoms with Crippen LogP contribution in [0.1, 0.15) is 28.4 Å². The van der Waals surface area contributed by atoms with E-state index in [-0.39, 0.29) is 5.56 Å². The van der Waals surface area contributed by atoms with Gasteiger partial charge in [-0.3, -0.25) is 9.48 Å². The lowest BCUT2D eigenvalue weighted by atomic mass is 10.1. The maximum absolute atomic E-state index is 11.7. The third kappa shape index (κ3) is 4.49. The summed E-state index contributed by atoms with van der Waals surface area (Å²) in [7, 11) is 1.82. The van der Waals surface area contributed by atoms with Crippen molar-refractivity contribution in [3.05, 3.63) is 65.6 Å². The third-order valence-corrected chi connectivity index (χ3v) is 3.86. The summed E-state index contributed by atoms with van der Waals surface area (Å²) in [5.74, 6) is 0.128. The van der Waals surface area contributed by atoms with E-state index in [9.17, 15) is 4.79 Å². The molecule has 0 bridgehead atoms. The summed E-state index contributed by atoms with van der Waals surface area (Å²) < 4.78 is 1.66. The molecule has 0 fully saturated rings. The number of nitrogens with two attached hydrogens (primary N) is 1. The van der Waals surface area contributed by atoms with Crippen LogP contribution in [0.5, 0.6) is 0 Å². The second kappa shape index (κ2) is 8.13. The van der Waals surface area contributed by atoms with E-state index < -0.39 is 5.91 Å². The molecule has 0 aliphatic heterocycles. The Labute approximate surface area is 157 Å². The van der Waals surface area contributed by atoms with E-state index >= 15 is 0 Å². The molecule has 2 aromatic heterocycles. The number of hydrogen-bond donors (Lipinski definition) is 3. The number of rotatable bonds is 7. The van der Waals surface area contributed by atoms with Crippen molar-refractivity contribution < 1.29 is 4.79 Å². The van der Waals surface area contributed by atoms with E-state index in [2.05, 4.69) is 25.7 Å². The van der Waals surface area contributed by atoms with Crippen LogP contribution in [0, 0.1) is 0 Å². The molecule has 8 nitrogen and oxygen atoms in total. The molecular weight excluding hydrogens is 342 g/mol. The Balaban J connectivity index is 1.84. The van der Waals surface area contributed by atoms with Gasteiger partial charge in [0.1, 0.15) is 5.82 Å². The quantitative estimate of drug-likeness (QED) is 0.595. The third-order valence-electron chi connectivity index (χ3n) is 3.86. The number of nitrogens with one attached hydrogen (secondary N) is 2. The summed E-state index contributed by atoms with van der Waals surface area (Å²) in [6.07, 6.45) is 8.88. The van der Waals surface area contributed by atoms with Crippen molar-refractivity contribution in [2.24, 2.45) is 12.8 Å². The van der Waals surface area contributed by atoms with Crippen LogP contribution in [0.15, 0.2) is 48.9 Å². The predicted molar refractivity (Wildman–Crippen MR) is 106 cm³/mol. The van der Waals surface area contributed by atoms with Gasteiger partial charge >= 0.3 is 0 Å².